The van der Waals surface area contributed by atoms with Gasteiger partial charge in [-0.2, -0.15) is 5.10 Å². The Morgan fingerprint density at radius 2 is 1.79 bits per heavy atom. The molecule has 2 heterocycles. The van der Waals surface area contributed by atoms with Crippen LogP contribution in [0.2, 0.25) is 0 Å². The Hall–Kier alpha value is -2.17. The van der Waals surface area contributed by atoms with Gasteiger partial charge in [-0.1, -0.05) is 12.8 Å². The number of rotatable bonds is 6. The lowest BCUT2D eigenvalue weighted by Gasteiger charge is -2.28. The van der Waals surface area contributed by atoms with E-state index in [2.05, 4.69) is 28.6 Å². The van der Waals surface area contributed by atoms with Crippen LogP contribution in [0.3, 0.4) is 0 Å². The Labute approximate surface area is 167 Å². The van der Waals surface area contributed by atoms with E-state index in [1.165, 1.54) is 55.3 Å². The number of hydrogen-bond donors (Lipinski definition) is 1. The van der Waals surface area contributed by atoms with Crippen molar-refractivity contribution in [3.63, 3.8) is 0 Å². The van der Waals surface area contributed by atoms with Crippen LogP contribution in [0.25, 0.3) is 11.1 Å². The van der Waals surface area contributed by atoms with Crippen molar-refractivity contribution >= 4 is 5.91 Å². The average Bonchev–Trinajstić information content (AvgIpc) is 3.37. The second-order valence-electron chi connectivity index (χ2n) is 8.71. The number of carbonyl (C=O) groups is 1. The van der Waals surface area contributed by atoms with E-state index < -0.39 is 0 Å². The maximum absolute atomic E-state index is 12.2. The van der Waals surface area contributed by atoms with Crippen LogP contribution in [0.1, 0.15) is 69.4 Å². The summed E-state index contributed by atoms with van der Waals surface area (Å²) in [6.07, 6.45) is 16.3. The van der Waals surface area contributed by atoms with Gasteiger partial charge in [-0.25, -0.2) is 0 Å². The number of aromatic nitrogens is 3. The van der Waals surface area contributed by atoms with Gasteiger partial charge >= 0.3 is 0 Å². The molecule has 0 aliphatic heterocycles. The lowest BCUT2D eigenvalue weighted by molar-refractivity contribution is -0.122. The number of pyridine rings is 1. The van der Waals surface area contributed by atoms with E-state index in [1.807, 2.05) is 24.1 Å². The summed E-state index contributed by atoms with van der Waals surface area (Å²) in [4.78, 5) is 16.3. The van der Waals surface area contributed by atoms with E-state index in [-0.39, 0.29) is 5.91 Å². The Bertz CT molecular complexity index is 771. The molecule has 2 fully saturated rings. The Kier molecular flexibility index (Phi) is 6.08. The van der Waals surface area contributed by atoms with Gasteiger partial charge in [-0.15, -0.1) is 0 Å². The SMILES string of the molecule is Cn1cc(-c2ccncc2)c(C2CCC(CNC(=O)CC3CCCC3)CC2)n1. The molecule has 2 aliphatic rings. The molecule has 0 unspecified atom stereocenters. The van der Waals surface area contributed by atoms with E-state index in [1.54, 1.807) is 0 Å². The molecule has 0 spiro atoms. The van der Waals surface area contributed by atoms with Crippen molar-refractivity contribution in [3.8, 4) is 11.1 Å². The lowest BCUT2D eigenvalue weighted by Crippen LogP contribution is -2.32. The summed E-state index contributed by atoms with van der Waals surface area (Å²) >= 11 is 0. The predicted molar refractivity (Wildman–Crippen MR) is 111 cm³/mol. The molecule has 0 aromatic carbocycles. The van der Waals surface area contributed by atoms with Crippen LogP contribution < -0.4 is 5.32 Å². The van der Waals surface area contributed by atoms with Crippen molar-refractivity contribution in [3.05, 3.63) is 36.4 Å². The van der Waals surface area contributed by atoms with Crippen molar-refractivity contribution in [1.29, 1.82) is 0 Å². The Balaban J connectivity index is 1.29. The Morgan fingerprint density at radius 1 is 1.07 bits per heavy atom. The molecule has 150 valence electrons. The van der Waals surface area contributed by atoms with Gasteiger partial charge in [0.2, 0.25) is 5.91 Å². The molecule has 0 bridgehead atoms. The maximum atomic E-state index is 12.2. The molecule has 0 atom stereocenters. The third kappa shape index (κ3) is 4.62. The topological polar surface area (TPSA) is 59.8 Å². The molecule has 1 amide bonds. The first kappa shape index (κ1) is 19.2. The second-order valence-corrected chi connectivity index (χ2v) is 8.71. The third-order valence-electron chi connectivity index (χ3n) is 6.62. The molecule has 4 rings (SSSR count). The summed E-state index contributed by atoms with van der Waals surface area (Å²) in [5.41, 5.74) is 3.65. The molecule has 1 N–H and O–H groups in total. The molecule has 5 heteroatoms. The summed E-state index contributed by atoms with van der Waals surface area (Å²) < 4.78 is 1.93. The summed E-state index contributed by atoms with van der Waals surface area (Å²) in [7, 11) is 2.00. The minimum absolute atomic E-state index is 0.263. The largest absolute Gasteiger partial charge is 0.356 e. The van der Waals surface area contributed by atoms with Gasteiger partial charge in [0.05, 0.1) is 5.69 Å². The van der Waals surface area contributed by atoms with Gasteiger partial charge in [0.1, 0.15) is 0 Å². The fraction of sp³-hybridized carbons (Fsp3) is 0.609. The molecule has 0 saturated heterocycles. The van der Waals surface area contributed by atoms with Crippen LogP contribution >= 0.6 is 0 Å². The van der Waals surface area contributed by atoms with Gasteiger partial charge in [-0.3, -0.25) is 14.5 Å². The number of aryl methyl sites for hydroxylation is 1. The van der Waals surface area contributed by atoms with E-state index in [9.17, 15) is 4.79 Å². The Morgan fingerprint density at radius 3 is 2.50 bits per heavy atom. The van der Waals surface area contributed by atoms with Crippen LogP contribution in [0.5, 0.6) is 0 Å². The number of nitrogens with zero attached hydrogens (tertiary/aromatic N) is 3. The second kappa shape index (κ2) is 8.89. The number of amides is 1. The van der Waals surface area contributed by atoms with Crippen molar-refractivity contribution < 1.29 is 4.79 Å². The van der Waals surface area contributed by atoms with Gasteiger partial charge in [0.15, 0.2) is 0 Å². The third-order valence-corrected chi connectivity index (χ3v) is 6.62. The minimum Gasteiger partial charge on any atom is -0.356 e. The van der Waals surface area contributed by atoms with E-state index in [0.29, 0.717) is 17.8 Å². The van der Waals surface area contributed by atoms with E-state index in [4.69, 9.17) is 5.10 Å². The van der Waals surface area contributed by atoms with Gasteiger partial charge in [0.25, 0.3) is 0 Å². The molecule has 28 heavy (non-hydrogen) atoms. The standard InChI is InChI=1S/C23H32N4O/c1-27-16-21(19-10-12-24-13-11-19)23(26-27)20-8-6-18(7-9-20)15-25-22(28)14-17-4-2-3-5-17/h10-13,16-18,20H,2-9,14-15H2,1H3,(H,25,28). The molecular weight excluding hydrogens is 348 g/mol. The minimum atomic E-state index is 0.263. The number of nitrogens with one attached hydrogen (secondary N) is 1. The quantitative estimate of drug-likeness (QED) is 0.805. The maximum Gasteiger partial charge on any atom is 0.220 e. The van der Waals surface area contributed by atoms with Gasteiger partial charge in [-0.05, 0) is 68.1 Å². The highest BCUT2D eigenvalue weighted by atomic mass is 16.1. The smallest absolute Gasteiger partial charge is 0.220 e. The fourth-order valence-corrected chi connectivity index (χ4v) is 5.01. The van der Waals surface area contributed by atoms with Crippen molar-refractivity contribution in [2.75, 3.05) is 6.54 Å². The average molecular weight is 381 g/mol. The summed E-state index contributed by atoms with van der Waals surface area (Å²) in [6.45, 7) is 0.845. The van der Waals surface area contributed by atoms with Crippen LogP contribution in [0, 0.1) is 11.8 Å². The van der Waals surface area contributed by atoms with Crippen LogP contribution in [0.15, 0.2) is 30.7 Å². The predicted octanol–water partition coefficient (Wildman–Crippen LogP) is 4.45. The highest BCUT2D eigenvalue weighted by Gasteiger charge is 2.27. The zero-order valence-electron chi connectivity index (χ0n) is 16.9. The first-order valence-electron chi connectivity index (χ1n) is 10.9. The highest BCUT2D eigenvalue weighted by Crippen LogP contribution is 2.39. The molecule has 2 aromatic rings. The van der Waals surface area contributed by atoms with Crippen LogP contribution in [-0.4, -0.2) is 27.2 Å². The normalized spacial score (nSPS) is 23.0. The number of carbonyl (C=O) groups excluding carboxylic acids is 1. The van der Waals surface area contributed by atoms with Crippen molar-refractivity contribution in [2.45, 2.75) is 63.7 Å². The molecule has 5 nitrogen and oxygen atoms in total. The summed E-state index contributed by atoms with van der Waals surface area (Å²) in [5.74, 6) is 2.01. The van der Waals surface area contributed by atoms with E-state index >= 15 is 0 Å². The zero-order chi connectivity index (χ0) is 19.3. The molecule has 0 radical (unpaired) electrons. The molecule has 2 aromatic heterocycles. The van der Waals surface area contributed by atoms with Gasteiger partial charge in [0, 0.05) is 50.1 Å². The van der Waals surface area contributed by atoms with Crippen LogP contribution in [0.4, 0.5) is 0 Å². The number of hydrogen-bond acceptors (Lipinski definition) is 3. The van der Waals surface area contributed by atoms with Gasteiger partial charge < -0.3 is 5.32 Å². The molecule has 2 aliphatic carbocycles. The van der Waals surface area contributed by atoms with Crippen molar-refractivity contribution in [1.82, 2.24) is 20.1 Å². The lowest BCUT2D eigenvalue weighted by atomic mass is 9.79. The van der Waals surface area contributed by atoms with Crippen LogP contribution in [-0.2, 0) is 11.8 Å². The molecule has 2 saturated carbocycles. The summed E-state index contributed by atoms with van der Waals surface area (Å²) in [6, 6.07) is 4.12. The van der Waals surface area contributed by atoms with E-state index in [0.717, 1.165) is 25.8 Å². The summed E-state index contributed by atoms with van der Waals surface area (Å²) in [5, 5.41) is 8.00. The zero-order valence-corrected chi connectivity index (χ0v) is 16.9. The highest BCUT2D eigenvalue weighted by molar-refractivity contribution is 5.76. The van der Waals surface area contributed by atoms with Crippen molar-refractivity contribution in [2.24, 2.45) is 18.9 Å². The molecular formula is C23H32N4O. The first-order valence-corrected chi connectivity index (χ1v) is 10.9. The fourth-order valence-electron chi connectivity index (χ4n) is 5.01. The first-order chi connectivity index (χ1) is 13.7. The monoisotopic (exact) mass is 380 g/mol.